The second kappa shape index (κ2) is 13.9. The molecule has 31 heavy (non-hydrogen) atoms. The van der Waals surface area contributed by atoms with E-state index in [1.165, 1.54) is 0 Å². The molecule has 1 aromatic rings. The van der Waals surface area contributed by atoms with E-state index in [0.717, 1.165) is 50.5 Å². The Balaban J connectivity index is 1.82. The van der Waals surface area contributed by atoms with Crippen molar-refractivity contribution in [3.63, 3.8) is 0 Å². The van der Waals surface area contributed by atoms with Crippen LogP contribution < -0.4 is 4.74 Å². The molecule has 0 heterocycles. The number of ether oxygens (including phenoxy) is 3. The van der Waals surface area contributed by atoms with Crippen LogP contribution >= 0.6 is 0 Å². The number of amides is 1. The van der Waals surface area contributed by atoms with Gasteiger partial charge < -0.3 is 24.2 Å². The van der Waals surface area contributed by atoms with E-state index >= 15 is 0 Å². The third kappa shape index (κ3) is 9.17. The summed E-state index contributed by atoms with van der Waals surface area (Å²) in [7, 11) is 0. The first-order chi connectivity index (χ1) is 15.0. The van der Waals surface area contributed by atoms with E-state index < -0.39 is 12.1 Å². The Hall–Kier alpha value is -2.28. The van der Waals surface area contributed by atoms with Crippen molar-refractivity contribution in [2.45, 2.75) is 77.4 Å². The quantitative estimate of drug-likeness (QED) is 0.428. The summed E-state index contributed by atoms with van der Waals surface area (Å²) in [6.07, 6.45) is 6.59. The van der Waals surface area contributed by atoms with E-state index in [1.54, 1.807) is 11.8 Å². The molecule has 0 bridgehead atoms. The molecule has 2 rings (SSSR count). The van der Waals surface area contributed by atoms with Crippen LogP contribution in [-0.2, 0) is 20.7 Å². The molecule has 1 aliphatic carbocycles. The van der Waals surface area contributed by atoms with Gasteiger partial charge in [-0.25, -0.2) is 9.59 Å². The van der Waals surface area contributed by atoms with Gasteiger partial charge in [-0.05, 0) is 56.7 Å². The average molecular weight is 436 g/mol. The molecule has 0 spiro atoms. The smallest absolute Gasteiger partial charge is 0.410 e. The molecule has 0 aromatic heterocycles. The Morgan fingerprint density at radius 2 is 1.81 bits per heavy atom. The van der Waals surface area contributed by atoms with E-state index in [-0.39, 0.29) is 12.2 Å². The summed E-state index contributed by atoms with van der Waals surface area (Å²) in [5.74, 6) is -0.278. The number of hydrogen-bond donors (Lipinski definition) is 1. The normalized spacial score (nSPS) is 14.9. The predicted molar refractivity (Wildman–Crippen MR) is 119 cm³/mol. The van der Waals surface area contributed by atoms with Crippen molar-refractivity contribution < 1.29 is 28.9 Å². The summed E-state index contributed by atoms with van der Waals surface area (Å²) in [4.78, 5) is 25.6. The first kappa shape index (κ1) is 25.0. The molecule has 1 N–H and O–H groups in total. The van der Waals surface area contributed by atoms with Crippen LogP contribution in [0.15, 0.2) is 24.3 Å². The van der Waals surface area contributed by atoms with Crippen molar-refractivity contribution in [1.82, 2.24) is 4.90 Å². The number of rotatable bonds is 14. The highest BCUT2D eigenvalue weighted by Crippen LogP contribution is 2.22. The molecule has 7 nitrogen and oxygen atoms in total. The highest BCUT2D eigenvalue weighted by Gasteiger charge is 2.23. The second-order valence-corrected chi connectivity index (χ2v) is 7.96. The van der Waals surface area contributed by atoms with Crippen LogP contribution in [0.2, 0.25) is 0 Å². The maximum Gasteiger partial charge on any atom is 0.410 e. The molecule has 1 unspecified atom stereocenters. The zero-order chi connectivity index (χ0) is 22.5. The van der Waals surface area contributed by atoms with Crippen molar-refractivity contribution in [1.29, 1.82) is 0 Å². The molecule has 1 atom stereocenters. The molecule has 0 aliphatic heterocycles. The zero-order valence-electron chi connectivity index (χ0n) is 18.9. The lowest BCUT2D eigenvalue weighted by molar-refractivity contribution is -0.149. The van der Waals surface area contributed by atoms with Crippen LogP contribution in [0, 0.1) is 0 Å². The first-order valence-corrected chi connectivity index (χ1v) is 11.5. The molecule has 0 radical (unpaired) electrons. The van der Waals surface area contributed by atoms with E-state index in [4.69, 9.17) is 14.2 Å². The van der Waals surface area contributed by atoms with Gasteiger partial charge in [-0.2, -0.15) is 0 Å². The number of aliphatic carboxylic acids is 1. The minimum Gasteiger partial charge on any atom is -0.492 e. The average Bonchev–Trinajstić information content (AvgIpc) is 3.26. The summed E-state index contributed by atoms with van der Waals surface area (Å²) in [6, 6.07) is 7.33. The topological polar surface area (TPSA) is 85.3 Å². The molecule has 1 aliphatic rings. The fraction of sp³-hybridized carbons (Fsp3) is 0.667. The molecule has 7 heteroatoms. The lowest BCUT2D eigenvalue weighted by Crippen LogP contribution is -2.37. The van der Waals surface area contributed by atoms with Gasteiger partial charge >= 0.3 is 12.1 Å². The van der Waals surface area contributed by atoms with Gasteiger partial charge in [-0.3, -0.25) is 0 Å². The van der Waals surface area contributed by atoms with Crippen molar-refractivity contribution >= 4 is 12.1 Å². The fourth-order valence-electron chi connectivity index (χ4n) is 3.70. The van der Waals surface area contributed by atoms with Gasteiger partial charge in [-0.15, -0.1) is 0 Å². The number of benzene rings is 1. The van der Waals surface area contributed by atoms with Gasteiger partial charge in [0.1, 0.15) is 18.5 Å². The van der Waals surface area contributed by atoms with Crippen LogP contribution in [0.3, 0.4) is 0 Å². The van der Waals surface area contributed by atoms with Gasteiger partial charge in [-0.1, -0.05) is 31.9 Å². The third-order valence-electron chi connectivity index (χ3n) is 5.48. The molecule has 0 saturated heterocycles. The predicted octanol–water partition coefficient (Wildman–Crippen LogP) is 4.67. The van der Waals surface area contributed by atoms with Gasteiger partial charge in [0.05, 0.1) is 6.54 Å². The largest absolute Gasteiger partial charge is 0.492 e. The highest BCUT2D eigenvalue weighted by molar-refractivity contribution is 5.72. The van der Waals surface area contributed by atoms with Crippen molar-refractivity contribution in [2.75, 3.05) is 26.3 Å². The lowest BCUT2D eigenvalue weighted by Gasteiger charge is -2.24. The summed E-state index contributed by atoms with van der Waals surface area (Å²) in [5, 5.41) is 9.21. The van der Waals surface area contributed by atoms with Crippen molar-refractivity contribution in [2.24, 2.45) is 0 Å². The molecular formula is C24H37NO6. The van der Waals surface area contributed by atoms with Crippen LogP contribution in [0.25, 0.3) is 0 Å². The van der Waals surface area contributed by atoms with Gasteiger partial charge in [0.2, 0.25) is 0 Å². The Morgan fingerprint density at radius 3 is 2.42 bits per heavy atom. The van der Waals surface area contributed by atoms with Crippen LogP contribution in [0.5, 0.6) is 5.75 Å². The molecule has 174 valence electrons. The minimum absolute atomic E-state index is 0.0564. The second-order valence-electron chi connectivity index (χ2n) is 7.96. The Morgan fingerprint density at radius 1 is 1.10 bits per heavy atom. The summed E-state index contributed by atoms with van der Waals surface area (Å²) in [6.45, 7) is 5.80. The number of carboxylic acids is 1. The number of hydrogen-bond acceptors (Lipinski definition) is 5. The number of carboxylic acid groups (broad SMARTS) is 1. The minimum atomic E-state index is -0.963. The van der Waals surface area contributed by atoms with E-state index in [2.05, 4.69) is 6.92 Å². The molecule has 1 fully saturated rings. The van der Waals surface area contributed by atoms with E-state index in [9.17, 15) is 14.7 Å². The number of carbonyl (C=O) groups is 2. The Labute approximate surface area is 185 Å². The summed E-state index contributed by atoms with van der Waals surface area (Å²) in [5.41, 5.74) is 0.870. The van der Waals surface area contributed by atoms with Gasteiger partial charge in [0, 0.05) is 19.6 Å². The number of nitrogens with zero attached hydrogens (tertiary/aromatic N) is 1. The lowest BCUT2D eigenvalue weighted by atomic mass is 10.1. The number of unbranched alkanes of at least 4 members (excludes halogenated alkanes) is 2. The van der Waals surface area contributed by atoms with Gasteiger partial charge in [0.25, 0.3) is 0 Å². The van der Waals surface area contributed by atoms with Crippen LogP contribution in [-0.4, -0.2) is 60.6 Å². The standard InChI is InChI=1S/C24H37NO6/c1-3-5-8-15-25(24(28)31-21-9-6-7-10-21)16-17-30-20-13-11-19(12-14-20)18-22(23(26)27)29-4-2/h11-14,21-22H,3-10,15-18H2,1-2H3,(H,26,27). The first-order valence-electron chi connectivity index (χ1n) is 11.5. The maximum absolute atomic E-state index is 12.6. The molecular weight excluding hydrogens is 398 g/mol. The van der Waals surface area contributed by atoms with Crippen molar-refractivity contribution in [3.05, 3.63) is 29.8 Å². The molecule has 1 amide bonds. The van der Waals surface area contributed by atoms with Crippen molar-refractivity contribution in [3.8, 4) is 5.75 Å². The highest BCUT2D eigenvalue weighted by atomic mass is 16.6. The summed E-state index contributed by atoms with van der Waals surface area (Å²) < 4.78 is 16.8. The van der Waals surface area contributed by atoms with E-state index in [0.29, 0.717) is 38.5 Å². The molecule has 1 aromatic carbocycles. The SMILES string of the molecule is CCCCCN(CCOc1ccc(CC(OCC)C(=O)O)cc1)C(=O)OC1CCCC1. The maximum atomic E-state index is 12.6. The molecule has 1 saturated carbocycles. The summed E-state index contributed by atoms with van der Waals surface area (Å²) >= 11 is 0. The Bertz CT molecular complexity index is 657. The van der Waals surface area contributed by atoms with Crippen LogP contribution in [0.1, 0.15) is 64.4 Å². The zero-order valence-corrected chi connectivity index (χ0v) is 18.9. The fourth-order valence-corrected chi connectivity index (χ4v) is 3.70. The van der Waals surface area contributed by atoms with Crippen LogP contribution in [0.4, 0.5) is 4.79 Å². The Kier molecular flexibility index (Phi) is 11.2. The van der Waals surface area contributed by atoms with Gasteiger partial charge in [0.15, 0.2) is 6.10 Å². The van der Waals surface area contributed by atoms with E-state index in [1.807, 2.05) is 24.3 Å². The number of carbonyl (C=O) groups excluding carboxylic acids is 1. The monoisotopic (exact) mass is 435 g/mol. The third-order valence-corrected chi connectivity index (χ3v) is 5.48.